The first-order valence-corrected chi connectivity index (χ1v) is 7.29. The molecule has 3 rings (SSSR count). The lowest BCUT2D eigenvalue weighted by Crippen LogP contribution is -2.05. The van der Waals surface area contributed by atoms with Gasteiger partial charge >= 0.3 is 5.97 Å². The van der Waals surface area contributed by atoms with Crippen molar-refractivity contribution in [1.29, 1.82) is 0 Å². The van der Waals surface area contributed by atoms with Gasteiger partial charge in [0, 0.05) is 12.7 Å². The van der Waals surface area contributed by atoms with E-state index >= 15 is 0 Å². The molecule has 1 N–H and O–H groups in total. The zero-order valence-electron chi connectivity index (χ0n) is 10.7. The molecule has 5 nitrogen and oxygen atoms in total. The Hall–Kier alpha value is -1.56. The molecule has 0 aromatic carbocycles. The van der Waals surface area contributed by atoms with Crippen LogP contribution < -0.4 is 0 Å². The van der Waals surface area contributed by atoms with Crippen LogP contribution in [0.2, 0.25) is 0 Å². The lowest BCUT2D eigenvalue weighted by Gasteiger charge is -2.06. The van der Waals surface area contributed by atoms with E-state index in [1.807, 2.05) is 19.2 Å². The first kappa shape index (κ1) is 12.5. The maximum absolute atomic E-state index is 10.7. The molecule has 0 radical (unpaired) electrons. The Morgan fingerprint density at radius 2 is 2.37 bits per heavy atom. The van der Waals surface area contributed by atoms with Crippen LogP contribution in [0.5, 0.6) is 0 Å². The van der Waals surface area contributed by atoms with Crippen molar-refractivity contribution >= 4 is 28.9 Å². The summed E-state index contributed by atoms with van der Waals surface area (Å²) < 4.78 is 2.07. The molecular formula is C13H15N3O2S. The number of hydrogen-bond acceptors (Lipinski definition) is 4. The second-order valence-corrected chi connectivity index (χ2v) is 5.93. The zero-order valence-corrected chi connectivity index (χ0v) is 11.5. The lowest BCUT2D eigenvalue weighted by molar-refractivity contribution is -0.133. The first-order valence-electron chi connectivity index (χ1n) is 6.31. The number of aliphatic carboxylic acids is 1. The fraction of sp³-hybridized carbons (Fsp3) is 0.462. The van der Waals surface area contributed by atoms with Crippen molar-refractivity contribution in [3.05, 3.63) is 17.8 Å². The van der Waals surface area contributed by atoms with E-state index in [4.69, 9.17) is 5.11 Å². The van der Waals surface area contributed by atoms with Crippen molar-refractivity contribution in [2.24, 2.45) is 5.92 Å². The van der Waals surface area contributed by atoms with Gasteiger partial charge in [-0.25, -0.2) is 9.97 Å². The average Bonchev–Trinajstić information content (AvgIpc) is 3.10. The summed E-state index contributed by atoms with van der Waals surface area (Å²) in [6.07, 6.45) is 4.32. The van der Waals surface area contributed by atoms with Crippen LogP contribution in [0.3, 0.4) is 0 Å². The Kier molecular flexibility index (Phi) is 3.18. The summed E-state index contributed by atoms with van der Waals surface area (Å²) in [7, 11) is 0. The molecule has 0 saturated heterocycles. The zero-order chi connectivity index (χ0) is 13.4. The third-order valence-corrected chi connectivity index (χ3v) is 4.11. The highest BCUT2D eigenvalue weighted by Gasteiger charge is 2.25. The molecule has 0 unspecified atom stereocenters. The van der Waals surface area contributed by atoms with E-state index in [9.17, 15) is 4.79 Å². The quantitative estimate of drug-likeness (QED) is 0.849. The highest BCUT2D eigenvalue weighted by Crippen LogP contribution is 2.34. The molecule has 0 spiro atoms. The van der Waals surface area contributed by atoms with Gasteiger partial charge in [-0.2, -0.15) is 0 Å². The number of fused-ring (bicyclic) bond motifs is 1. The van der Waals surface area contributed by atoms with Gasteiger partial charge in [0.1, 0.15) is 5.52 Å². The minimum Gasteiger partial charge on any atom is -0.481 e. The number of aromatic nitrogens is 3. The van der Waals surface area contributed by atoms with Gasteiger partial charge in [0.2, 0.25) is 0 Å². The van der Waals surface area contributed by atoms with Crippen LogP contribution in [0.25, 0.3) is 11.2 Å². The second-order valence-electron chi connectivity index (χ2n) is 4.99. The number of pyridine rings is 1. The van der Waals surface area contributed by atoms with E-state index in [1.54, 1.807) is 0 Å². The maximum atomic E-state index is 10.7. The highest BCUT2D eigenvalue weighted by molar-refractivity contribution is 7.99. The molecule has 0 bridgehead atoms. The van der Waals surface area contributed by atoms with Gasteiger partial charge in [-0.1, -0.05) is 11.8 Å². The predicted octanol–water partition coefficient (Wildman–Crippen LogP) is 2.33. The number of carboxylic acids is 1. The number of carboxylic acid groups (broad SMARTS) is 1. The monoisotopic (exact) mass is 277 g/mol. The Morgan fingerprint density at radius 3 is 3.05 bits per heavy atom. The normalized spacial score (nSPS) is 15.0. The second kappa shape index (κ2) is 4.85. The summed E-state index contributed by atoms with van der Waals surface area (Å²) in [5.41, 5.74) is 2.79. The first-order chi connectivity index (χ1) is 9.13. The third-order valence-electron chi connectivity index (χ3n) is 3.15. The van der Waals surface area contributed by atoms with Gasteiger partial charge in [0.15, 0.2) is 10.8 Å². The van der Waals surface area contributed by atoms with Crippen molar-refractivity contribution in [3.8, 4) is 0 Å². The third kappa shape index (κ3) is 2.73. The van der Waals surface area contributed by atoms with Gasteiger partial charge in [-0.15, -0.1) is 0 Å². The van der Waals surface area contributed by atoms with Gasteiger partial charge in [0.05, 0.1) is 5.75 Å². The smallest absolute Gasteiger partial charge is 0.313 e. The molecule has 0 amide bonds. The minimum atomic E-state index is -0.820. The molecular weight excluding hydrogens is 262 g/mol. The number of hydrogen-bond donors (Lipinski definition) is 1. The van der Waals surface area contributed by atoms with Crippen LogP contribution >= 0.6 is 11.8 Å². The molecule has 100 valence electrons. The number of nitrogens with zero attached hydrogens (tertiary/aromatic N) is 3. The highest BCUT2D eigenvalue weighted by atomic mass is 32.2. The SMILES string of the molecule is Cc1cnc2c(c1)nc(SCC(=O)O)n2CC1CC1. The van der Waals surface area contributed by atoms with Crippen LogP contribution in [0.4, 0.5) is 0 Å². The summed E-state index contributed by atoms with van der Waals surface area (Å²) in [6.45, 7) is 2.88. The van der Waals surface area contributed by atoms with E-state index in [2.05, 4.69) is 14.5 Å². The molecule has 0 aliphatic heterocycles. The Morgan fingerprint density at radius 1 is 1.58 bits per heavy atom. The van der Waals surface area contributed by atoms with E-state index in [0.29, 0.717) is 5.92 Å². The summed E-state index contributed by atoms with van der Waals surface area (Å²) >= 11 is 1.27. The Bertz CT molecular complexity index is 634. The van der Waals surface area contributed by atoms with Crippen molar-refractivity contribution in [2.75, 3.05) is 5.75 Å². The number of carbonyl (C=O) groups is 1. The fourth-order valence-electron chi connectivity index (χ4n) is 2.05. The number of thioether (sulfide) groups is 1. The van der Waals surface area contributed by atoms with Crippen molar-refractivity contribution < 1.29 is 9.90 Å². The van der Waals surface area contributed by atoms with E-state index < -0.39 is 5.97 Å². The van der Waals surface area contributed by atoms with Crippen LogP contribution in [-0.4, -0.2) is 31.4 Å². The summed E-state index contributed by atoms with van der Waals surface area (Å²) in [5, 5.41) is 9.57. The van der Waals surface area contributed by atoms with Crippen LogP contribution in [0.1, 0.15) is 18.4 Å². The summed E-state index contributed by atoms with van der Waals surface area (Å²) in [6, 6.07) is 2.00. The van der Waals surface area contributed by atoms with Crippen LogP contribution in [0, 0.1) is 12.8 Å². The van der Waals surface area contributed by atoms with E-state index in [-0.39, 0.29) is 5.75 Å². The largest absolute Gasteiger partial charge is 0.481 e. The van der Waals surface area contributed by atoms with Crippen molar-refractivity contribution in [2.45, 2.75) is 31.5 Å². The van der Waals surface area contributed by atoms with Gasteiger partial charge in [-0.3, -0.25) is 4.79 Å². The van der Waals surface area contributed by atoms with E-state index in [0.717, 1.165) is 28.4 Å². The summed E-state index contributed by atoms with van der Waals surface area (Å²) in [4.78, 5) is 19.7. The molecule has 2 heterocycles. The summed E-state index contributed by atoms with van der Waals surface area (Å²) in [5.74, 6) is -0.0867. The fourth-order valence-corrected chi connectivity index (χ4v) is 2.78. The van der Waals surface area contributed by atoms with Crippen LogP contribution in [-0.2, 0) is 11.3 Å². The molecule has 1 fully saturated rings. The van der Waals surface area contributed by atoms with Gasteiger partial charge in [-0.05, 0) is 37.3 Å². The molecule has 6 heteroatoms. The van der Waals surface area contributed by atoms with Crippen molar-refractivity contribution in [3.63, 3.8) is 0 Å². The molecule has 1 saturated carbocycles. The maximum Gasteiger partial charge on any atom is 0.313 e. The van der Waals surface area contributed by atoms with Gasteiger partial charge < -0.3 is 9.67 Å². The molecule has 0 atom stereocenters. The topological polar surface area (TPSA) is 68.0 Å². The van der Waals surface area contributed by atoms with Crippen molar-refractivity contribution in [1.82, 2.24) is 14.5 Å². The average molecular weight is 277 g/mol. The van der Waals surface area contributed by atoms with Crippen LogP contribution in [0.15, 0.2) is 17.4 Å². The predicted molar refractivity (Wildman–Crippen MR) is 73.3 cm³/mol. The molecule has 19 heavy (non-hydrogen) atoms. The molecule has 1 aliphatic rings. The number of aryl methyl sites for hydroxylation is 1. The Labute approximate surface area is 115 Å². The number of imidazole rings is 1. The minimum absolute atomic E-state index is 0.0347. The number of rotatable bonds is 5. The standard InChI is InChI=1S/C13H15N3O2S/c1-8-4-10-12(14-5-8)16(6-9-2-3-9)13(15-10)19-7-11(17)18/h4-5,9H,2-3,6-7H2,1H3,(H,17,18). The molecule has 1 aliphatic carbocycles. The Balaban J connectivity index is 1.99. The molecule has 2 aromatic rings. The van der Waals surface area contributed by atoms with E-state index in [1.165, 1.54) is 24.6 Å². The van der Waals surface area contributed by atoms with Gasteiger partial charge in [0.25, 0.3) is 0 Å². The molecule has 2 aromatic heterocycles. The lowest BCUT2D eigenvalue weighted by atomic mass is 10.3.